The van der Waals surface area contributed by atoms with Crippen LogP contribution in [0.2, 0.25) is 5.02 Å². The second kappa shape index (κ2) is 7.42. The molecule has 9 heteroatoms. The van der Waals surface area contributed by atoms with Crippen molar-refractivity contribution in [3.05, 3.63) is 63.2 Å². The monoisotopic (exact) mass is 349 g/mol. The van der Waals surface area contributed by atoms with Crippen LogP contribution in [-0.4, -0.2) is 23.3 Å². The van der Waals surface area contributed by atoms with Crippen LogP contribution in [-0.2, 0) is 0 Å². The number of benzene rings is 2. The third kappa shape index (κ3) is 4.43. The van der Waals surface area contributed by atoms with Crippen molar-refractivity contribution >= 4 is 34.8 Å². The van der Waals surface area contributed by atoms with E-state index in [-0.39, 0.29) is 28.8 Å². The van der Waals surface area contributed by atoms with Crippen molar-refractivity contribution in [1.82, 2.24) is 0 Å². The van der Waals surface area contributed by atoms with Gasteiger partial charge in [0.25, 0.3) is 0 Å². The van der Waals surface area contributed by atoms with Crippen molar-refractivity contribution in [2.24, 2.45) is 5.73 Å². The topological polar surface area (TPSA) is 125 Å². The van der Waals surface area contributed by atoms with E-state index < -0.39 is 11.0 Å². The van der Waals surface area contributed by atoms with Crippen LogP contribution in [0.25, 0.3) is 0 Å². The first-order valence-electron chi connectivity index (χ1n) is 6.63. The number of anilines is 1. The van der Waals surface area contributed by atoms with E-state index in [1.165, 1.54) is 36.4 Å². The highest BCUT2D eigenvalue weighted by Gasteiger charge is 2.17. The second-order valence-electron chi connectivity index (χ2n) is 4.65. The molecule has 24 heavy (non-hydrogen) atoms. The minimum absolute atomic E-state index is 0.0511. The number of nitrogens with two attached hydrogens (primary N) is 1. The number of primary amides is 1. The standard InChI is InChI=1S/C15H12ClN3O5/c16-10-3-6-14(12(7-10)19(22)23)24-8-13(20)9-1-4-11(5-2-9)18-15(17)21/h1-7H,8H2,(H3,17,18,21). The van der Waals surface area contributed by atoms with Crippen LogP contribution in [0.5, 0.6) is 5.75 Å². The fourth-order valence-electron chi connectivity index (χ4n) is 1.86. The number of hydrogen-bond acceptors (Lipinski definition) is 5. The molecule has 2 aromatic carbocycles. The summed E-state index contributed by atoms with van der Waals surface area (Å²) < 4.78 is 5.22. The van der Waals surface area contributed by atoms with Crippen LogP contribution in [0.15, 0.2) is 42.5 Å². The molecule has 0 unspecified atom stereocenters. The van der Waals surface area contributed by atoms with Crippen LogP contribution >= 0.6 is 11.6 Å². The first-order valence-corrected chi connectivity index (χ1v) is 7.01. The third-order valence-electron chi connectivity index (χ3n) is 2.95. The van der Waals surface area contributed by atoms with Crippen LogP contribution in [0.1, 0.15) is 10.4 Å². The molecule has 0 saturated carbocycles. The lowest BCUT2D eigenvalue weighted by Gasteiger charge is -2.07. The molecular weight excluding hydrogens is 338 g/mol. The zero-order valence-corrected chi connectivity index (χ0v) is 12.9. The SMILES string of the molecule is NC(=O)Nc1ccc(C(=O)COc2ccc(Cl)cc2[N+](=O)[O-])cc1. The summed E-state index contributed by atoms with van der Waals surface area (Å²) in [5, 5.41) is 13.5. The van der Waals surface area contributed by atoms with E-state index in [1.807, 2.05) is 0 Å². The van der Waals surface area contributed by atoms with E-state index in [4.69, 9.17) is 22.1 Å². The molecule has 0 heterocycles. The van der Waals surface area contributed by atoms with Gasteiger partial charge in [-0.3, -0.25) is 14.9 Å². The Kier molecular flexibility index (Phi) is 5.33. The van der Waals surface area contributed by atoms with E-state index in [2.05, 4.69) is 5.32 Å². The highest BCUT2D eigenvalue weighted by atomic mass is 35.5. The van der Waals surface area contributed by atoms with E-state index in [1.54, 1.807) is 0 Å². The van der Waals surface area contributed by atoms with Gasteiger partial charge in [-0.05, 0) is 36.4 Å². The molecule has 0 aliphatic heterocycles. The second-order valence-corrected chi connectivity index (χ2v) is 5.08. The van der Waals surface area contributed by atoms with Crippen molar-refractivity contribution < 1.29 is 19.2 Å². The number of urea groups is 1. The number of amides is 2. The third-order valence-corrected chi connectivity index (χ3v) is 3.19. The van der Waals surface area contributed by atoms with Crippen LogP contribution in [0.4, 0.5) is 16.2 Å². The van der Waals surface area contributed by atoms with E-state index in [9.17, 15) is 19.7 Å². The van der Waals surface area contributed by atoms with Gasteiger partial charge >= 0.3 is 11.7 Å². The van der Waals surface area contributed by atoms with Crippen molar-refractivity contribution in [2.75, 3.05) is 11.9 Å². The summed E-state index contributed by atoms with van der Waals surface area (Å²) >= 11 is 5.70. The molecule has 3 N–H and O–H groups in total. The number of hydrogen-bond donors (Lipinski definition) is 2. The maximum atomic E-state index is 12.1. The van der Waals surface area contributed by atoms with Gasteiger partial charge < -0.3 is 15.8 Å². The molecule has 0 atom stereocenters. The minimum Gasteiger partial charge on any atom is -0.478 e. The molecule has 0 fully saturated rings. The first kappa shape index (κ1) is 17.2. The molecule has 0 bridgehead atoms. The van der Waals surface area contributed by atoms with Crippen LogP contribution in [0, 0.1) is 10.1 Å². The zero-order chi connectivity index (χ0) is 17.7. The lowest BCUT2D eigenvalue weighted by atomic mass is 10.1. The fraction of sp³-hybridized carbons (Fsp3) is 0.0667. The minimum atomic E-state index is -0.715. The van der Waals surface area contributed by atoms with Crippen molar-refractivity contribution in [3.8, 4) is 5.75 Å². The van der Waals surface area contributed by atoms with Crippen LogP contribution < -0.4 is 15.8 Å². The zero-order valence-electron chi connectivity index (χ0n) is 12.2. The predicted octanol–water partition coefficient (Wildman–Crippen LogP) is 3.00. The smallest absolute Gasteiger partial charge is 0.316 e. The maximum absolute atomic E-state index is 12.1. The lowest BCUT2D eigenvalue weighted by Crippen LogP contribution is -2.19. The number of ether oxygens (including phenoxy) is 1. The average Bonchev–Trinajstić information content (AvgIpc) is 2.53. The van der Waals surface area contributed by atoms with Crippen LogP contribution in [0.3, 0.4) is 0 Å². The quantitative estimate of drug-likeness (QED) is 0.471. The Hall–Kier alpha value is -3.13. The molecule has 0 radical (unpaired) electrons. The number of carbonyl (C=O) groups excluding carboxylic acids is 2. The normalized spacial score (nSPS) is 10.0. The maximum Gasteiger partial charge on any atom is 0.316 e. The van der Waals surface area contributed by atoms with Gasteiger partial charge in [-0.2, -0.15) is 0 Å². The van der Waals surface area contributed by atoms with Gasteiger partial charge in [-0.1, -0.05) is 11.6 Å². The highest BCUT2D eigenvalue weighted by Crippen LogP contribution is 2.29. The Balaban J connectivity index is 2.06. The Labute approximate surface area is 141 Å². The van der Waals surface area contributed by atoms with Crippen molar-refractivity contribution in [1.29, 1.82) is 0 Å². The molecule has 8 nitrogen and oxygen atoms in total. The summed E-state index contributed by atoms with van der Waals surface area (Å²) in [5.74, 6) is -0.436. The number of nitro benzene ring substituents is 1. The summed E-state index contributed by atoms with van der Waals surface area (Å²) in [6, 6.07) is 9.15. The summed E-state index contributed by atoms with van der Waals surface area (Å²) in [5.41, 5.74) is 5.42. The Morgan fingerprint density at radius 3 is 2.46 bits per heavy atom. The molecule has 0 aromatic heterocycles. The number of nitro groups is 1. The van der Waals surface area contributed by atoms with Crippen molar-refractivity contribution in [3.63, 3.8) is 0 Å². The molecule has 0 saturated heterocycles. The Morgan fingerprint density at radius 2 is 1.88 bits per heavy atom. The largest absolute Gasteiger partial charge is 0.478 e. The number of Topliss-reactive ketones (excluding diaryl/α,β-unsaturated/α-hetero) is 1. The van der Waals surface area contributed by atoms with Gasteiger partial charge in [0, 0.05) is 22.3 Å². The summed E-state index contributed by atoms with van der Waals surface area (Å²) in [6.07, 6.45) is 0. The van der Waals surface area contributed by atoms with Crippen molar-refractivity contribution in [2.45, 2.75) is 0 Å². The summed E-state index contributed by atoms with van der Waals surface area (Å²) in [7, 11) is 0. The van der Waals surface area contributed by atoms with E-state index in [0.717, 1.165) is 6.07 Å². The molecule has 124 valence electrons. The average molecular weight is 350 g/mol. The van der Waals surface area contributed by atoms with Gasteiger partial charge in [-0.15, -0.1) is 0 Å². The first-order chi connectivity index (χ1) is 11.4. The molecule has 2 rings (SSSR count). The number of rotatable bonds is 6. The van der Waals surface area contributed by atoms with Gasteiger partial charge in [0.15, 0.2) is 18.1 Å². The fourth-order valence-corrected chi connectivity index (χ4v) is 2.03. The number of nitrogens with one attached hydrogen (secondary N) is 1. The van der Waals surface area contributed by atoms with Gasteiger partial charge in [0.2, 0.25) is 0 Å². The molecule has 2 amide bonds. The van der Waals surface area contributed by atoms with E-state index in [0.29, 0.717) is 11.3 Å². The molecule has 2 aromatic rings. The molecular formula is C15H12ClN3O5. The van der Waals surface area contributed by atoms with Gasteiger partial charge in [0.1, 0.15) is 0 Å². The highest BCUT2D eigenvalue weighted by molar-refractivity contribution is 6.30. The molecule has 0 spiro atoms. The predicted molar refractivity (Wildman–Crippen MR) is 87.6 cm³/mol. The Bertz CT molecular complexity index is 792. The summed E-state index contributed by atoms with van der Waals surface area (Å²) in [4.78, 5) is 33.1. The van der Waals surface area contributed by atoms with Gasteiger partial charge in [0.05, 0.1) is 4.92 Å². The number of ketones is 1. The van der Waals surface area contributed by atoms with E-state index >= 15 is 0 Å². The molecule has 0 aliphatic carbocycles. The number of halogens is 1. The van der Waals surface area contributed by atoms with Gasteiger partial charge in [-0.25, -0.2) is 4.79 Å². The summed E-state index contributed by atoms with van der Waals surface area (Å²) in [6.45, 7) is -0.384. The molecule has 0 aliphatic rings. The number of nitrogens with zero attached hydrogens (tertiary/aromatic N) is 1. The Morgan fingerprint density at radius 1 is 1.21 bits per heavy atom. The lowest BCUT2D eigenvalue weighted by molar-refractivity contribution is -0.385. The number of carbonyl (C=O) groups is 2.